The van der Waals surface area contributed by atoms with Gasteiger partial charge in [-0.05, 0) is 50.9 Å². The zero-order valence-corrected chi connectivity index (χ0v) is 18.5. The van der Waals surface area contributed by atoms with E-state index in [1.807, 2.05) is 18.2 Å². The highest BCUT2D eigenvalue weighted by molar-refractivity contribution is 14.0. The van der Waals surface area contributed by atoms with Gasteiger partial charge < -0.3 is 25.3 Å². The summed E-state index contributed by atoms with van der Waals surface area (Å²) in [5.41, 5.74) is 7.07. The highest BCUT2D eigenvalue weighted by atomic mass is 127. The van der Waals surface area contributed by atoms with Crippen molar-refractivity contribution in [2.24, 2.45) is 10.7 Å². The molecule has 0 bridgehead atoms. The summed E-state index contributed by atoms with van der Waals surface area (Å²) in [7, 11) is 3.23. The second-order valence-electron chi connectivity index (χ2n) is 6.93. The number of hydrogen-bond donors (Lipinski definition) is 2. The Morgan fingerprint density at radius 3 is 2.48 bits per heavy atom. The number of likely N-dealkylation sites (tertiary alicyclic amines) is 1. The molecule has 3 N–H and O–H groups in total. The Balaban J connectivity index is 0.00000261. The highest BCUT2D eigenvalue weighted by Gasteiger charge is 2.39. The van der Waals surface area contributed by atoms with Gasteiger partial charge in [0.25, 0.3) is 0 Å². The summed E-state index contributed by atoms with van der Waals surface area (Å²) in [6, 6.07) is 5.60. The van der Waals surface area contributed by atoms with Crippen LogP contribution >= 0.6 is 24.0 Å². The molecule has 0 amide bonds. The number of aliphatic imine (C=N–C) groups is 1. The SMILES string of the molecule is COc1ccc(NC(N)=NCC2(N3CCCC3)CCOCC2)cc1OC.I. The molecule has 2 fully saturated rings. The van der Waals surface area contributed by atoms with Crippen molar-refractivity contribution in [3.05, 3.63) is 18.2 Å². The van der Waals surface area contributed by atoms with Crippen LogP contribution < -0.4 is 20.5 Å². The van der Waals surface area contributed by atoms with Crippen LogP contribution in [0.15, 0.2) is 23.2 Å². The van der Waals surface area contributed by atoms with Gasteiger partial charge in [-0.1, -0.05) is 0 Å². The number of benzene rings is 1. The van der Waals surface area contributed by atoms with Gasteiger partial charge in [0.05, 0.1) is 20.8 Å². The van der Waals surface area contributed by atoms with E-state index in [4.69, 9.17) is 19.9 Å². The van der Waals surface area contributed by atoms with E-state index < -0.39 is 0 Å². The average Bonchev–Trinajstić information content (AvgIpc) is 3.22. The molecule has 1 aromatic carbocycles. The molecule has 27 heavy (non-hydrogen) atoms. The number of nitrogens with one attached hydrogen (secondary N) is 1. The van der Waals surface area contributed by atoms with E-state index in [-0.39, 0.29) is 29.5 Å². The molecule has 0 radical (unpaired) electrons. The highest BCUT2D eigenvalue weighted by Crippen LogP contribution is 2.32. The van der Waals surface area contributed by atoms with E-state index in [9.17, 15) is 0 Å². The van der Waals surface area contributed by atoms with Crippen molar-refractivity contribution in [2.75, 3.05) is 52.4 Å². The fraction of sp³-hybridized carbons (Fsp3) is 0.632. The molecule has 0 saturated carbocycles. The molecule has 2 saturated heterocycles. The molecule has 2 aliphatic heterocycles. The molecule has 8 heteroatoms. The third-order valence-corrected chi connectivity index (χ3v) is 5.40. The van der Waals surface area contributed by atoms with Crippen LogP contribution in [0.4, 0.5) is 5.69 Å². The second kappa shape index (κ2) is 10.3. The Hall–Kier alpha value is -1.26. The van der Waals surface area contributed by atoms with Crippen molar-refractivity contribution in [1.29, 1.82) is 0 Å². The van der Waals surface area contributed by atoms with Gasteiger partial charge in [0.1, 0.15) is 0 Å². The number of halogens is 1. The monoisotopic (exact) mass is 490 g/mol. The first-order chi connectivity index (χ1) is 12.7. The van der Waals surface area contributed by atoms with Crippen molar-refractivity contribution in [3.8, 4) is 11.5 Å². The zero-order chi connectivity index (χ0) is 18.4. The van der Waals surface area contributed by atoms with Crippen molar-refractivity contribution >= 4 is 35.6 Å². The lowest BCUT2D eigenvalue weighted by molar-refractivity contribution is -0.0138. The van der Waals surface area contributed by atoms with Crippen molar-refractivity contribution in [2.45, 2.75) is 31.2 Å². The lowest BCUT2D eigenvalue weighted by Crippen LogP contribution is -2.53. The van der Waals surface area contributed by atoms with Crippen LogP contribution in [0.5, 0.6) is 11.5 Å². The molecule has 0 spiro atoms. The molecule has 2 heterocycles. The second-order valence-corrected chi connectivity index (χ2v) is 6.93. The number of ether oxygens (including phenoxy) is 3. The molecule has 0 atom stereocenters. The van der Waals surface area contributed by atoms with Gasteiger partial charge in [-0.2, -0.15) is 0 Å². The van der Waals surface area contributed by atoms with Crippen LogP contribution in [-0.4, -0.2) is 63.5 Å². The minimum absolute atomic E-state index is 0. The van der Waals surface area contributed by atoms with Crippen LogP contribution in [0.25, 0.3) is 0 Å². The Labute approximate surface area is 178 Å². The molecular weight excluding hydrogens is 459 g/mol. The maximum atomic E-state index is 6.16. The van der Waals surface area contributed by atoms with Gasteiger partial charge >= 0.3 is 0 Å². The third kappa shape index (κ3) is 5.39. The Bertz CT molecular complexity index is 629. The first-order valence-corrected chi connectivity index (χ1v) is 9.29. The van der Waals surface area contributed by atoms with E-state index >= 15 is 0 Å². The van der Waals surface area contributed by atoms with Crippen LogP contribution in [0.2, 0.25) is 0 Å². The molecule has 0 aliphatic carbocycles. The van der Waals surface area contributed by atoms with E-state index in [1.165, 1.54) is 12.8 Å². The van der Waals surface area contributed by atoms with Crippen molar-refractivity contribution in [1.82, 2.24) is 4.90 Å². The van der Waals surface area contributed by atoms with Crippen LogP contribution in [0.1, 0.15) is 25.7 Å². The van der Waals surface area contributed by atoms with Gasteiger partial charge in [0, 0.05) is 30.5 Å². The summed E-state index contributed by atoms with van der Waals surface area (Å²) in [6.45, 7) is 4.60. The molecule has 152 valence electrons. The maximum absolute atomic E-state index is 6.16. The van der Waals surface area contributed by atoms with Gasteiger partial charge in [-0.25, -0.2) is 0 Å². The molecule has 0 unspecified atom stereocenters. The number of nitrogens with zero attached hydrogens (tertiary/aromatic N) is 2. The minimum atomic E-state index is 0. The van der Waals surface area contributed by atoms with Gasteiger partial charge in [-0.3, -0.25) is 9.89 Å². The molecule has 1 aromatic rings. The summed E-state index contributed by atoms with van der Waals surface area (Å²) in [6.07, 6.45) is 4.57. The lowest BCUT2D eigenvalue weighted by Gasteiger charge is -2.43. The topological polar surface area (TPSA) is 81.3 Å². The number of hydrogen-bond acceptors (Lipinski definition) is 5. The van der Waals surface area contributed by atoms with Gasteiger partial charge in [0.15, 0.2) is 17.5 Å². The fourth-order valence-corrected chi connectivity index (χ4v) is 3.85. The predicted octanol–water partition coefficient (Wildman–Crippen LogP) is 2.69. The normalized spacial score (nSPS) is 20.0. The number of anilines is 1. The molecule has 7 nitrogen and oxygen atoms in total. The Morgan fingerprint density at radius 1 is 1.19 bits per heavy atom. The zero-order valence-electron chi connectivity index (χ0n) is 16.2. The quantitative estimate of drug-likeness (QED) is 0.363. The van der Waals surface area contributed by atoms with Crippen molar-refractivity contribution < 1.29 is 14.2 Å². The smallest absolute Gasteiger partial charge is 0.193 e. The van der Waals surface area contributed by atoms with E-state index in [0.717, 1.165) is 44.8 Å². The Morgan fingerprint density at radius 2 is 1.85 bits per heavy atom. The van der Waals surface area contributed by atoms with Crippen LogP contribution in [-0.2, 0) is 4.74 Å². The van der Waals surface area contributed by atoms with Crippen molar-refractivity contribution in [3.63, 3.8) is 0 Å². The van der Waals surface area contributed by atoms with Gasteiger partial charge in [-0.15, -0.1) is 24.0 Å². The largest absolute Gasteiger partial charge is 0.493 e. The van der Waals surface area contributed by atoms with Crippen LogP contribution in [0.3, 0.4) is 0 Å². The number of methoxy groups -OCH3 is 2. The lowest BCUT2D eigenvalue weighted by atomic mass is 9.88. The first kappa shape index (κ1) is 22.0. The van der Waals surface area contributed by atoms with E-state index in [0.29, 0.717) is 24.0 Å². The third-order valence-electron chi connectivity index (χ3n) is 5.40. The molecule has 3 rings (SSSR count). The molecular formula is C19H31IN4O3. The Kier molecular flexibility index (Phi) is 8.43. The van der Waals surface area contributed by atoms with Crippen LogP contribution in [0, 0.1) is 0 Å². The molecule has 0 aromatic heterocycles. The summed E-state index contributed by atoms with van der Waals surface area (Å²) < 4.78 is 16.2. The summed E-state index contributed by atoms with van der Waals surface area (Å²) in [5, 5.41) is 3.16. The minimum Gasteiger partial charge on any atom is -0.493 e. The summed E-state index contributed by atoms with van der Waals surface area (Å²) in [4.78, 5) is 7.26. The van der Waals surface area contributed by atoms with E-state index in [1.54, 1.807) is 14.2 Å². The number of nitrogens with two attached hydrogens (primary N) is 1. The average molecular weight is 490 g/mol. The molecule has 2 aliphatic rings. The maximum Gasteiger partial charge on any atom is 0.193 e. The number of rotatable bonds is 6. The fourth-order valence-electron chi connectivity index (χ4n) is 3.85. The van der Waals surface area contributed by atoms with Gasteiger partial charge in [0.2, 0.25) is 0 Å². The summed E-state index contributed by atoms with van der Waals surface area (Å²) in [5.74, 6) is 1.76. The first-order valence-electron chi connectivity index (χ1n) is 9.29. The summed E-state index contributed by atoms with van der Waals surface area (Å²) >= 11 is 0. The number of guanidine groups is 1. The predicted molar refractivity (Wildman–Crippen MR) is 119 cm³/mol. The van der Waals surface area contributed by atoms with E-state index in [2.05, 4.69) is 15.2 Å². The standard InChI is InChI=1S/C19H30N4O3.HI/c1-24-16-6-5-15(13-17(16)25-2)22-18(20)21-14-19(7-11-26-12-8-19)23-9-3-4-10-23;/h5-6,13H,3-4,7-12,14H2,1-2H3,(H3,20,21,22);1H.